The molecule has 6 nitrogen and oxygen atoms in total. The minimum atomic E-state index is -0.509. The van der Waals surface area contributed by atoms with Crippen LogP contribution in [0.15, 0.2) is 24.3 Å². The average molecular weight is 269 g/mol. The van der Waals surface area contributed by atoms with E-state index in [1.807, 2.05) is 6.07 Å². The topological polar surface area (TPSA) is 89.0 Å². The predicted octanol–water partition coefficient (Wildman–Crippen LogP) is 0.962. The number of amides is 2. The third-order valence-electron chi connectivity index (χ3n) is 3.43. The van der Waals surface area contributed by atoms with E-state index in [4.69, 9.17) is 0 Å². The highest BCUT2D eigenvalue weighted by Gasteiger charge is 2.30. The number of benzene rings is 1. The SMILES string of the molecule is O=Cc1nnc(C2CCC(=O)NC2=O)c2ccccc12. The Hall–Kier alpha value is -2.63. The van der Waals surface area contributed by atoms with Crippen molar-refractivity contribution in [2.45, 2.75) is 18.8 Å². The standard InChI is InChI=1S/C14H11N3O3/c18-7-11-8-3-1-2-4-9(8)13(17-16-11)10-5-6-12(19)15-14(10)20/h1-4,7,10H,5-6H2,(H,15,19,20). The lowest BCUT2D eigenvalue weighted by Gasteiger charge is -2.21. The molecule has 1 N–H and O–H groups in total. The zero-order valence-corrected chi connectivity index (χ0v) is 10.5. The molecule has 0 saturated carbocycles. The van der Waals surface area contributed by atoms with Crippen molar-refractivity contribution in [3.05, 3.63) is 35.7 Å². The van der Waals surface area contributed by atoms with Gasteiger partial charge in [0.1, 0.15) is 5.69 Å². The number of carbonyl (C=O) groups excluding carboxylic acids is 3. The normalized spacial score (nSPS) is 18.9. The van der Waals surface area contributed by atoms with E-state index in [0.717, 1.165) is 5.39 Å². The van der Waals surface area contributed by atoms with Crippen LogP contribution in [0.25, 0.3) is 10.8 Å². The third kappa shape index (κ3) is 1.95. The maximum absolute atomic E-state index is 11.9. The molecule has 3 rings (SSSR count). The number of aldehydes is 1. The van der Waals surface area contributed by atoms with E-state index in [0.29, 0.717) is 23.8 Å². The maximum atomic E-state index is 11.9. The molecule has 2 heterocycles. The van der Waals surface area contributed by atoms with Gasteiger partial charge in [0.05, 0.1) is 11.6 Å². The van der Waals surface area contributed by atoms with Crippen molar-refractivity contribution < 1.29 is 14.4 Å². The molecule has 1 aliphatic heterocycles. The highest BCUT2D eigenvalue weighted by atomic mass is 16.2. The van der Waals surface area contributed by atoms with Crippen molar-refractivity contribution >= 4 is 28.9 Å². The molecule has 1 aromatic carbocycles. The van der Waals surface area contributed by atoms with Gasteiger partial charge in [-0.05, 0) is 6.42 Å². The highest BCUT2D eigenvalue weighted by Crippen LogP contribution is 2.29. The summed E-state index contributed by atoms with van der Waals surface area (Å²) in [5.41, 5.74) is 0.757. The number of hydrogen-bond donors (Lipinski definition) is 1. The van der Waals surface area contributed by atoms with Crippen LogP contribution in [0.4, 0.5) is 0 Å². The Bertz CT molecular complexity index is 727. The largest absolute Gasteiger partial charge is 0.296 e. The summed E-state index contributed by atoms with van der Waals surface area (Å²) in [6.07, 6.45) is 1.33. The summed E-state index contributed by atoms with van der Waals surface area (Å²) < 4.78 is 0. The molecule has 100 valence electrons. The van der Waals surface area contributed by atoms with E-state index in [1.54, 1.807) is 18.2 Å². The Morgan fingerprint density at radius 1 is 1.15 bits per heavy atom. The van der Waals surface area contributed by atoms with Gasteiger partial charge in [0.2, 0.25) is 11.8 Å². The van der Waals surface area contributed by atoms with Crippen molar-refractivity contribution in [2.24, 2.45) is 0 Å². The minimum Gasteiger partial charge on any atom is -0.296 e. The number of nitrogens with one attached hydrogen (secondary N) is 1. The van der Waals surface area contributed by atoms with Crippen LogP contribution in [0.3, 0.4) is 0 Å². The number of hydrogen-bond acceptors (Lipinski definition) is 5. The second kappa shape index (κ2) is 4.80. The molecule has 1 fully saturated rings. The summed E-state index contributed by atoms with van der Waals surface area (Å²) in [6.45, 7) is 0. The van der Waals surface area contributed by atoms with Crippen LogP contribution in [0, 0.1) is 0 Å². The lowest BCUT2D eigenvalue weighted by Crippen LogP contribution is -2.39. The summed E-state index contributed by atoms with van der Waals surface area (Å²) in [5.74, 6) is -1.14. The first kappa shape index (κ1) is 12.4. The quantitative estimate of drug-likeness (QED) is 0.648. The number of carbonyl (C=O) groups is 3. The first-order valence-electron chi connectivity index (χ1n) is 6.25. The number of rotatable bonds is 2. The fourth-order valence-electron chi connectivity index (χ4n) is 2.44. The van der Waals surface area contributed by atoms with E-state index >= 15 is 0 Å². The molecular weight excluding hydrogens is 258 g/mol. The van der Waals surface area contributed by atoms with Gasteiger partial charge in [0.25, 0.3) is 0 Å². The summed E-state index contributed by atoms with van der Waals surface area (Å²) in [6, 6.07) is 7.18. The molecule has 6 heteroatoms. The van der Waals surface area contributed by atoms with Gasteiger partial charge in [-0.25, -0.2) is 0 Å². The molecule has 0 spiro atoms. The fraction of sp³-hybridized carbons (Fsp3) is 0.214. The molecule has 20 heavy (non-hydrogen) atoms. The Balaban J connectivity index is 2.15. The van der Waals surface area contributed by atoms with E-state index in [1.165, 1.54) is 0 Å². The van der Waals surface area contributed by atoms with Crippen molar-refractivity contribution in [3.8, 4) is 0 Å². The van der Waals surface area contributed by atoms with Crippen LogP contribution in [-0.2, 0) is 9.59 Å². The second-order valence-corrected chi connectivity index (χ2v) is 4.64. The van der Waals surface area contributed by atoms with Crippen molar-refractivity contribution in [2.75, 3.05) is 0 Å². The molecular formula is C14H11N3O3. The summed E-state index contributed by atoms with van der Waals surface area (Å²) in [5, 5.41) is 11.6. The fourth-order valence-corrected chi connectivity index (χ4v) is 2.44. The van der Waals surface area contributed by atoms with Crippen LogP contribution in [-0.4, -0.2) is 28.3 Å². The molecule has 1 unspecified atom stereocenters. The van der Waals surface area contributed by atoms with Gasteiger partial charge >= 0.3 is 0 Å². The van der Waals surface area contributed by atoms with Crippen molar-refractivity contribution in [3.63, 3.8) is 0 Å². The minimum absolute atomic E-state index is 0.247. The first-order chi connectivity index (χ1) is 9.70. The van der Waals surface area contributed by atoms with E-state index < -0.39 is 5.92 Å². The number of fused-ring (bicyclic) bond motifs is 1. The van der Waals surface area contributed by atoms with Crippen LogP contribution >= 0.6 is 0 Å². The molecule has 1 saturated heterocycles. The molecule has 0 bridgehead atoms. The van der Waals surface area contributed by atoms with Gasteiger partial charge in [0.15, 0.2) is 6.29 Å². The van der Waals surface area contributed by atoms with Crippen molar-refractivity contribution in [1.29, 1.82) is 0 Å². The van der Waals surface area contributed by atoms with E-state index in [2.05, 4.69) is 15.5 Å². The van der Waals surface area contributed by atoms with E-state index in [9.17, 15) is 14.4 Å². The summed E-state index contributed by atoms with van der Waals surface area (Å²) in [4.78, 5) is 34.1. The van der Waals surface area contributed by atoms with Gasteiger partial charge in [-0.3, -0.25) is 19.7 Å². The van der Waals surface area contributed by atoms with Crippen LogP contribution in [0.2, 0.25) is 0 Å². The summed E-state index contributed by atoms with van der Waals surface area (Å²) in [7, 11) is 0. The highest BCUT2D eigenvalue weighted by molar-refractivity contribution is 6.04. The Morgan fingerprint density at radius 3 is 2.60 bits per heavy atom. The average Bonchev–Trinajstić information content (AvgIpc) is 2.47. The lowest BCUT2D eigenvalue weighted by atomic mass is 9.91. The van der Waals surface area contributed by atoms with Gasteiger partial charge in [0, 0.05) is 17.2 Å². The number of imide groups is 1. The maximum Gasteiger partial charge on any atom is 0.235 e. The first-order valence-corrected chi connectivity index (χ1v) is 6.25. The second-order valence-electron chi connectivity index (χ2n) is 4.64. The summed E-state index contributed by atoms with van der Waals surface area (Å²) >= 11 is 0. The molecule has 2 aromatic rings. The molecule has 0 radical (unpaired) electrons. The number of piperidine rings is 1. The van der Waals surface area contributed by atoms with Crippen LogP contribution < -0.4 is 5.32 Å². The molecule has 2 amide bonds. The zero-order chi connectivity index (χ0) is 14.1. The Kier molecular flexibility index (Phi) is 2.98. The van der Waals surface area contributed by atoms with Gasteiger partial charge in [-0.2, -0.15) is 5.10 Å². The Labute approximate surface area is 114 Å². The van der Waals surface area contributed by atoms with Gasteiger partial charge in [-0.15, -0.1) is 5.10 Å². The van der Waals surface area contributed by atoms with Crippen LogP contribution in [0.5, 0.6) is 0 Å². The molecule has 1 atom stereocenters. The van der Waals surface area contributed by atoms with E-state index in [-0.39, 0.29) is 23.9 Å². The number of aromatic nitrogens is 2. The lowest BCUT2D eigenvalue weighted by molar-refractivity contribution is -0.134. The monoisotopic (exact) mass is 269 g/mol. The third-order valence-corrected chi connectivity index (χ3v) is 3.43. The smallest absolute Gasteiger partial charge is 0.235 e. The molecule has 1 aromatic heterocycles. The van der Waals surface area contributed by atoms with Gasteiger partial charge < -0.3 is 0 Å². The number of nitrogens with zero attached hydrogens (tertiary/aromatic N) is 2. The molecule has 0 aliphatic carbocycles. The van der Waals surface area contributed by atoms with Crippen molar-refractivity contribution in [1.82, 2.24) is 15.5 Å². The molecule has 1 aliphatic rings. The van der Waals surface area contributed by atoms with Gasteiger partial charge in [-0.1, -0.05) is 24.3 Å². The zero-order valence-electron chi connectivity index (χ0n) is 10.5. The predicted molar refractivity (Wildman–Crippen MR) is 70.1 cm³/mol. The van der Waals surface area contributed by atoms with Crippen LogP contribution in [0.1, 0.15) is 34.9 Å². The Morgan fingerprint density at radius 2 is 1.90 bits per heavy atom.